The molecule has 1 N–H and O–H groups in total. The summed E-state index contributed by atoms with van der Waals surface area (Å²) in [5.74, 6) is -0.437. The van der Waals surface area contributed by atoms with Crippen LogP contribution in [0.2, 0.25) is 0 Å². The number of aromatic nitrogens is 2. The lowest BCUT2D eigenvalue weighted by Gasteiger charge is -2.11. The lowest BCUT2D eigenvalue weighted by molar-refractivity contribution is -0.137. The molecule has 3 rings (SSSR count). The van der Waals surface area contributed by atoms with Crippen LogP contribution in [0.5, 0.6) is 0 Å². The molecule has 0 unspecified atom stereocenters. The molecule has 4 nitrogen and oxygen atoms in total. The van der Waals surface area contributed by atoms with Crippen molar-refractivity contribution in [1.29, 1.82) is 0 Å². The number of rotatable bonds is 2. The van der Waals surface area contributed by atoms with E-state index in [4.69, 9.17) is 0 Å². The summed E-state index contributed by atoms with van der Waals surface area (Å²) in [6.07, 6.45) is -4.45. The minimum absolute atomic E-state index is 0.141. The summed E-state index contributed by atoms with van der Waals surface area (Å²) in [6.45, 7) is 1.84. The number of hydrogen-bond acceptors (Lipinski definition) is 3. The van der Waals surface area contributed by atoms with Gasteiger partial charge in [0.1, 0.15) is 4.83 Å². The summed E-state index contributed by atoms with van der Waals surface area (Å²) in [6, 6.07) is 4.97. The summed E-state index contributed by atoms with van der Waals surface area (Å²) >= 11 is 3.14. The van der Waals surface area contributed by atoms with Crippen LogP contribution in [0, 0.1) is 10.5 Å². The molecule has 0 spiro atoms. The lowest BCUT2D eigenvalue weighted by Crippen LogP contribution is -2.13. The Balaban J connectivity index is 1.92. The molecule has 0 aliphatic carbocycles. The standard InChI is InChI=1S/C15H11F3IN3OS/c1-7-9-6-12(24-14(9)22(2)21-7)13(23)20-11-5-8(15(16,17)18)3-4-10(11)19/h3-6H,1-2H3,(H,20,23). The first-order valence-corrected chi connectivity index (χ1v) is 8.67. The van der Waals surface area contributed by atoms with E-state index in [0.717, 1.165) is 28.0 Å². The third-order valence-corrected chi connectivity index (χ3v) is 5.60. The minimum atomic E-state index is -4.45. The van der Waals surface area contributed by atoms with Crippen LogP contribution in [0.4, 0.5) is 18.9 Å². The van der Waals surface area contributed by atoms with Crippen LogP contribution in [0.1, 0.15) is 20.9 Å². The predicted octanol–water partition coefficient (Wildman–Crippen LogP) is 4.82. The molecule has 2 aromatic heterocycles. The molecule has 0 saturated heterocycles. The molecule has 1 amide bonds. The topological polar surface area (TPSA) is 46.9 Å². The summed E-state index contributed by atoms with van der Waals surface area (Å²) in [7, 11) is 1.78. The van der Waals surface area contributed by atoms with Gasteiger partial charge in [-0.15, -0.1) is 11.3 Å². The number of anilines is 1. The van der Waals surface area contributed by atoms with Crippen LogP contribution in [0.15, 0.2) is 24.3 Å². The smallest absolute Gasteiger partial charge is 0.320 e. The van der Waals surface area contributed by atoms with Gasteiger partial charge in [-0.2, -0.15) is 18.3 Å². The zero-order chi connectivity index (χ0) is 17.6. The van der Waals surface area contributed by atoms with Gasteiger partial charge in [0.15, 0.2) is 0 Å². The Morgan fingerprint density at radius 3 is 2.67 bits per heavy atom. The van der Waals surface area contributed by atoms with Gasteiger partial charge in [0, 0.05) is 16.0 Å². The average molecular weight is 465 g/mol. The molecule has 3 aromatic rings. The van der Waals surface area contributed by atoms with Gasteiger partial charge in [-0.1, -0.05) is 0 Å². The Hall–Kier alpha value is -1.62. The lowest BCUT2D eigenvalue weighted by atomic mass is 10.2. The third kappa shape index (κ3) is 3.14. The number of benzene rings is 1. The third-order valence-electron chi connectivity index (χ3n) is 3.46. The van der Waals surface area contributed by atoms with E-state index < -0.39 is 17.6 Å². The molecule has 9 heteroatoms. The molecule has 0 bridgehead atoms. The van der Waals surface area contributed by atoms with Crippen molar-refractivity contribution in [2.24, 2.45) is 7.05 Å². The number of aryl methyl sites for hydroxylation is 2. The number of halogens is 4. The molecule has 0 atom stereocenters. The molecule has 0 fully saturated rings. The van der Waals surface area contributed by atoms with Gasteiger partial charge in [0.05, 0.1) is 21.8 Å². The van der Waals surface area contributed by atoms with Crippen molar-refractivity contribution < 1.29 is 18.0 Å². The molecule has 0 aliphatic heterocycles. The van der Waals surface area contributed by atoms with Gasteiger partial charge in [0.2, 0.25) is 0 Å². The largest absolute Gasteiger partial charge is 0.416 e. The van der Waals surface area contributed by atoms with E-state index in [2.05, 4.69) is 10.4 Å². The van der Waals surface area contributed by atoms with Gasteiger partial charge in [-0.05, 0) is 53.8 Å². The van der Waals surface area contributed by atoms with Crippen LogP contribution in [-0.4, -0.2) is 15.7 Å². The quantitative estimate of drug-likeness (QED) is 0.552. The molecule has 0 aliphatic rings. The normalized spacial score (nSPS) is 11.9. The second-order valence-corrected chi connectivity index (χ2v) is 7.38. The van der Waals surface area contributed by atoms with Crippen molar-refractivity contribution in [3.05, 3.63) is 44.0 Å². The van der Waals surface area contributed by atoms with E-state index in [1.807, 2.05) is 29.5 Å². The van der Waals surface area contributed by atoms with E-state index >= 15 is 0 Å². The first-order valence-electron chi connectivity index (χ1n) is 6.78. The van der Waals surface area contributed by atoms with Crippen LogP contribution in [-0.2, 0) is 13.2 Å². The number of nitrogens with one attached hydrogen (secondary N) is 1. The van der Waals surface area contributed by atoms with Gasteiger partial charge >= 0.3 is 6.18 Å². The number of hydrogen-bond donors (Lipinski definition) is 1. The van der Waals surface area contributed by atoms with Crippen molar-refractivity contribution in [2.45, 2.75) is 13.1 Å². The Bertz CT molecular complexity index is 911. The predicted molar refractivity (Wildman–Crippen MR) is 95.4 cm³/mol. The fraction of sp³-hybridized carbons (Fsp3) is 0.200. The van der Waals surface area contributed by atoms with Gasteiger partial charge < -0.3 is 5.32 Å². The summed E-state index contributed by atoms with van der Waals surface area (Å²) in [5.41, 5.74) is 0.147. The zero-order valence-electron chi connectivity index (χ0n) is 12.5. The van der Waals surface area contributed by atoms with Crippen molar-refractivity contribution in [3.8, 4) is 0 Å². The van der Waals surface area contributed by atoms with Crippen molar-refractivity contribution in [2.75, 3.05) is 5.32 Å². The minimum Gasteiger partial charge on any atom is -0.320 e. The molecular weight excluding hydrogens is 454 g/mol. The van der Waals surface area contributed by atoms with Crippen LogP contribution in [0.3, 0.4) is 0 Å². The van der Waals surface area contributed by atoms with E-state index in [1.165, 1.54) is 17.4 Å². The van der Waals surface area contributed by atoms with Crippen LogP contribution in [0.25, 0.3) is 10.2 Å². The molecular formula is C15H11F3IN3OS. The number of nitrogens with zero attached hydrogens (tertiary/aromatic N) is 2. The number of alkyl halides is 3. The number of carbonyl (C=O) groups excluding carboxylic acids is 1. The first-order chi connectivity index (χ1) is 11.2. The van der Waals surface area contributed by atoms with Crippen molar-refractivity contribution >= 4 is 55.7 Å². The number of thiophene rings is 1. The second kappa shape index (κ2) is 6.03. The monoisotopic (exact) mass is 465 g/mol. The average Bonchev–Trinajstić information content (AvgIpc) is 3.03. The van der Waals surface area contributed by atoms with Crippen LogP contribution >= 0.6 is 33.9 Å². The van der Waals surface area contributed by atoms with Crippen LogP contribution < -0.4 is 5.32 Å². The second-order valence-electron chi connectivity index (χ2n) is 5.19. The Kier molecular flexibility index (Phi) is 4.32. The molecule has 24 heavy (non-hydrogen) atoms. The Labute approximate surface area is 152 Å². The van der Waals surface area contributed by atoms with Crippen molar-refractivity contribution in [3.63, 3.8) is 0 Å². The molecule has 2 heterocycles. The van der Waals surface area contributed by atoms with Gasteiger partial charge in [-0.3, -0.25) is 9.48 Å². The molecule has 0 saturated carbocycles. The van der Waals surface area contributed by atoms with E-state index in [1.54, 1.807) is 17.8 Å². The number of fused-ring (bicyclic) bond motifs is 1. The van der Waals surface area contributed by atoms with Gasteiger partial charge in [-0.25, -0.2) is 0 Å². The van der Waals surface area contributed by atoms with Crippen molar-refractivity contribution in [1.82, 2.24) is 9.78 Å². The highest BCUT2D eigenvalue weighted by Gasteiger charge is 2.31. The fourth-order valence-corrected chi connectivity index (χ4v) is 3.79. The number of amides is 1. The highest BCUT2D eigenvalue weighted by molar-refractivity contribution is 14.1. The molecule has 1 aromatic carbocycles. The van der Waals surface area contributed by atoms with Gasteiger partial charge in [0.25, 0.3) is 5.91 Å². The maximum atomic E-state index is 12.8. The Morgan fingerprint density at radius 1 is 1.33 bits per heavy atom. The highest BCUT2D eigenvalue weighted by atomic mass is 127. The van der Waals surface area contributed by atoms with E-state index in [9.17, 15) is 18.0 Å². The number of carbonyl (C=O) groups is 1. The molecule has 126 valence electrons. The maximum absolute atomic E-state index is 12.8. The molecule has 0 radical (unpaired) electrons. The maximum Gasteiger partial charge on any atom is 0.416 e. The highest BCUT2D eigenvalue weighted by Crippen LogP contribution is 2.33. The summed E-state index contributed by atoms with van der Waals surface area (Å²) in [4.78, 5) is 13.7. The SMILES string of the molecule is Cc1nn(C)c2sc(C(=O)Nc3cc(C(F)(F)F)ccc3I)cc12. The van der Waals surface area contributed by atoms with E-state index in [-0.39, 0.29) is 5.69 Å². The zero-order valence-corrected chi connectivity index (χ0v) is 15.5. The Morgan fingerprint density at radius 2 is 2.04 bits per heavy atom. The first kappa shape index (κ1) is 17.2. The van der Waals surface area contributed by atoms with E-state index in [0.29, 0.717) is 8.45 Å². The summed E-state index contributed by atoms with van der Waals surface area (Å²) < 4.78 is 40.7. The summed E-state index contributed by atoms with van der Waals surface area (Å²) in [5, 5.41) is 7.69. The fourth-order valence-electron chi connectivity index (χ4n) is 2.30.